The van der Waals surface area contributed by atoms with Gasteiger partial charge in [-0.25, -0.2) is 4.79 Å². The van der Waals surface area contributed by atoms with Crippen LogP contribution in [0.3, 0.4) is 0 Å². The van der Waals surface area contributed by atoms with E-state index >= 15 is 0 Å². The maximum Gasteiger partial charge on any atom is 0.341 e. The van der Waals surface area contributed by atoms with Gasteiger partial charge in [0.15, 0.2) is 0 Å². The SMILES string of the molecule is Br.Nc1ccc(CC(=O)NCc2cc(Cl)cc3cc(C(=O)O)c(=O)[nH]c23)cc1.O. The molecule has 0 atom stereocenters. The van der Waals surface area contributed by atoms with Gasteiger partial charge in [-0.2, -0.15) is 0 Å². The summed E-state index contributed by atoms with van der Waals surface area (Å²) in [5.74, 6) is -1.53. The number of halogens is 2. The number of carbonyl (C=O) groups excluding carboxylic acids is 1. The number of pyridine rings is 1. The third kappa shape index (κ3) is 5.80. The molecule has 0 aliphatic rings. The number of rotatable bonds is 5. The van der Waals surface area contributed by atoms with Gasteiger partial charge >= 0.3 is 5.97 Å². The number of nitrogens with two attached hydrogens (primary N) is 1. The van der Waals surface area contributed by atoms with Crippen molar-refractivity contribution < 1.29 is 20.2 Å². The van der Waals surface area contributed by atoms with Crippen molar-refractivity contribution in [2.45, 2.75) is 13.0 Å². The number of hydrogen-bond acceptors (Lipinski definition) is 4. The zero-order valence-corrected chi connectivity index (χ0v) is 17.5. The van der Waals surface area contributed by atoms with E-state index in [9.17, 15) is 14.4 Å². The van der Waals surface area contributed by atoms with Gasteiger partial charge in [0, 0.05) is 22.6 Å². The number of carboxylic acid groups (broad SMARTS) is 1. The summed E-state index contributed by atoms with van der Waals surface area (Å²) in [5, 5.41) is 12.7. The van der Waals surface area contributed by atoms with E-state index in [4.69, 9.17) is 22.4 Å². The van der Waals surface area contributed by atoms with E-state index in [2.05, 4.69) is 10.3 Å². The highest BCUT2D eigenvalue weighted by Crippen LogP contribution is 2.22. The number of nitrogens with one attached hydrogen (secondary N) is 2. The number of carboxylic acids is 1. The summed E-state index contributed by atoms with van der Waals surface area (Å²) in [6, 6.07) is 11.4. The Hall–Kier alpha value is -2.88. The number of aromatic amines is 1. The second-order valence-electron chi connectivity index (χ2n) is 6.04. The number of nitrogen functional groups attached to an aromatic ring is 1. The van der Waals surface area contributed by atoms with Crippen LogP contribution in [0.4, 0.5) is 5.69 Å². The summed E-state index contributed by atoms with van der Waals surface area (Å²) in [5.41, 5.74) is 6.98. The summed E-state index contributed by atoms with van der Waals surface area (Å²) in [6.45, 7) is 0.132. The summed E-state index contributed by atoms with van der Waals surface area (Å²) in [7, 11) is 0. The van der Waals surface area contributed by atoms with E-state index < -0.39 is 11.5 Å². The van der Waals surface area contributed by atoms with Crippen LogP contribution >= 0.6 is 28.6 Å². The van der Waals surface area contributed by atoms with E-state index in [-0.39, 0.29) is 46.9 Å². The Balaban J connectivity index is 0.00000210. The minimum absolute atomic E-state index is 0. The summed E-state index contributed by atoms with van der Waals surface area (Å²) >= 11 is 6.09. The lowest BCUT2D eigenvalue weighted by Gasteiger charge is -2.10. The van der Waals surface area contributed by atoms with Crippen molar-refractivity contribution in [2.75, 3.05) is 5.73 Å². The minimum atomic E-state index is -1.32. The number of H-pyrrole nitrogens is 1. The molecule has 3 aromatic rings. The van der Waals surface area contributed by atoms with Gasteiger partial charge in [-0.05, 0) is 41.5 Å². The van der Waals surface area contributed by atoms with Gasteiger partial charge in [0.2, 0.25) is 5.91 Å². The van der Waals surface area contributed by atoms with Gasteiger partial charge in [-0.15, -0.1) is 17.0 Å². The van der Waals surface area contributed by atoms with E-state index in [1.165, 1.54) is 6.07 Å². The fraction of sp³-hybridized carbons (Fsp3) is 0.105. The largest absolute Gasteiger partial charge is 0.477 e. The molecule has 8 nitrogen and oxygen atoms in total. The maximum atomic E-state index is 12.2. The van der Waals surface area contributed by atoms with Crippen LogP contribution < -0.4 is 16.6 Å². The molecule has 0 bridgehead atoms. The van der Waals surface area contributed by atoms with E-state index in [1.807, 2.05) is 0 Å². The van der Waals surface area contributed by atoms with Crippen LogP contribution in [0.1, 0.15) is 21.5 Å². The Labute approximate surface area is 180 Å². The zero-order chi connectivity index (χ0) is 19.6. The van der Waals surface area contributed by atoms with Gasteiger partial charge in [0.25, 0.3) is 5.56 Å². The number of fused-ring (bicyclic) bond motifs is 1. The molecule has 7 N–H and O–H groups in total. The molecule has 0 unspecified atom stereocenters. The topological polar surface area (TPSA) is 157 Å². The van der Waals surface area contributed by atoms with Crippen LogP contribution in [0.25, 0.3) is 10.9 Å². The molecular weight excluding hydrogens is 466 g/mol. The summed E-state index contributed by atoms with van der Waals surface area (Å²) in [4.78, 5) is 37.8. The average Bonchev–Trinajstić information content (AvgIpc) is 2.61. The monoisotopic (exact) mass is 483 g/mol. The molecule has 0 radical (unpaired) electrons. The Bertz CT molecular complexity index is 1100. The lowest BCUT2D eigenvalue weighted by molar-refractivity contribution is -0.120. The van der Waals surface area contributed by atoms with E-state index in [1.54, 1.807) is 36.4 Å². The number of amides is 1. The van der Waals surface area contributed by atoms with Crippen molar-refractivity contribution in [1.82, 2.24) is 10.3 Å². The molecule has 0 aliphatic carbocycles. The van der Waals surface area contributed by atoms with Gasteiger partial charge < -0.3 is 26.6 Å². The van der Waals surface area contributed by atoms with E-state index in [0.29, 0.717) is 27.2 Å². The molecule has 10 heteroatoms. The first-order valence-electron chi connectivity index (χ1n) is 8.03. The van der Waals surface area contributed by atoms with Gasteiger partial charge in [-0.3, -0.25) is 9.59 Å². The smallest absolute Gasteiger partial charge is 0.341 e. The van der Waals surface area contributed by atoms with Crippen LogP contribution in [0.2, 0.25) is 5.02 Å². The number of aromatic carboxylic acids is 1. The van der Waals surface area contributed by atoms with Gasteiger partial charge in [0.1, 0.15) is 5.56 Å². The highest BCUT2D eigenvalue weighted by molar-refractivity contribution is 8.93. The molecule has 1 aromatic heterocycles. The Morgan fingerprint density at radius 3 is 2.41 bits per heavy atom. The third-order valence-electron chi connectivity index (χ3n) is 4.05. The van der Waals surface area contributed by atoms with Crippen molar-refractivity contribution in [2.24, 2.45) is 0 Å². The summed E-state index contributed by atoms with van der Waals surface area (Å²) < 4.78 is 0. The number of hydrogen-bond donors (Lipinski definition) is 4. The van der Waals surface area contributed by atoms with Crippen molar-refractivity contribution >= 4 is 57.0 Å². The molecule has 3 rings (SSSR count). The van der Waals surface area contributed by atoms with Crippen molar-refractivity contribution in [3.8, 4) is 0 Å². The lowest BCUT2D eigenvalue weighted by atomic mass is 10.1. The molecule has 154 valence electrons. The molecule has 2 aromatic carbocycles. The first kappa shape index (κ1) is 24.2. The molecule has 0 spiro atoms. The van der Waals surface area contributed by atoms with Gasteiger partial charge in [-0.1, -0.05) is 23.7 Å². The molecular formula is C19H19BrClN3O5. The maximum absolute atomic E-state index is 12.2. The van der Waals surface area contributed by atoms with Gasteiger partial charge in [0.05, 0.1) is 11.9 Å². The third-order valence-corrected chi connectivity index (χ3v) is 4.27. The van der Waals surface area contributed by atoms with E-state index in [0.717, 1.165) is 5.56 Å². The molecule has 0 saturated carbocycles. The Kier molecular flexibility index (Phi) is 8.38. The van der Waals surface area contributed by atoms with Crippen LogP contribution in [0.5, 0.6) is 0 Å². The minimum Gasteiger partial charge on any atom is -0.477 e. The van der Waals surface area contributed by atoms with Crippen LogP contribution in [0, 0.1) is 0 Å². The quantitative estimate of drug-likeness (QED) is 0.408. The second-order valence-corrected chi connectivity index (χ2v) is 6.48. The van der Waals surface area contributed by atoms with Crippen molar-refractivity contribution in [3.63, 3.8) is 0 Å². The number of aromatic nitrogens is 1. The molecule has 1 heterocycles. The first-order valence-corrected chi connectivity index (χ1v) is 8.41. The van der Waals surface area contributed by atoms with Crippen molar-refractivity contribution in [1.29, 1.82) is 0 Å². The molecule has 0 fully saturated rings. The fourth-order valence-corrected chi connectivity index (χ4v) is 2.98. The standard InChI is InChI=1S/C19H16ClN3O4.BrH.H2O/c20-13-6-11-8-15(19(26)27)18(25)23-17(11)12(7-13)9-22-16(24)5-10-1-3-14(21)4-2-10;;/h1-4,6-8H,5,9,21H2,(H,22,24)(H,23,25)(H,26,27);1H;1H2. The van der Waals surface area contributed by atoms with Crippen LogP contribution in [-0.4, -0.2) is 27.4 Å². The average molecular weight is 485 g/mol. The molecule has 1 amide bonds. The van der Waals surface area contributed by atoms with Crippen molar-refractivity contribution in [3.05, 3.63) is 74.5 Å². The lowest BCUT2D eigenvalue weighted by Crippen LogP contribution is -2.25. The second kappa shape index (κ2) is 10.1. The Morgan fingerprint density at radius 1 is 1.14 bits per heavy atom. The number of anilines is 1. The highest BCUT2D eigenvalue weighted by atomic mass is 79.9. The number of carbonyl (C=O) groups is 2. The number of benzene rings is 2. The first-order chi connectivity index (χ1) is 12.8. The fourth-order valence-electron chi connectivity index (χ4n) is 2.73. The summed E-state index contributed by atoms with van der Waals surface area (Å²) in [6.07, 6.45) is 0.179. The molecule has 29 heavy (non-hydrogen) atoms. The zero-order valence-electron chi connectivity index (χ0n) is 15.0. The molecule has 0 saturated heterocycles. The predicted octanol–water partition coefficient (Wildman–Crippen LogP) is 2.07. The normalized spacial score (nSPS) is 9.97. The highest BCUT2D eigenvalue weighted by Gasteiger charge is 2.13. The molecule has 0 aliphatic heterocycles. The van der Waals surface area contributed by atoms with Crippen LogP contribution in [-0.2, 0) is 17.8 Å². The van der Waals surface area contributed by atoms with Crippen LogP contribution in [0.15, 0.2) is 47.3 Å². The Morgan fingerprint density at radius 2 is 1.79 bits per heavy atom. The predicted molar refractivity (Wildman–Crippen MR) is 117 cm³/mol.